The number of rotatable bonds is 3. The van der Waals surface area contributed by atoms with Gasteiger partial charge in [0.2, 0.25) is 10.0 Å². The maximum atomic E-state index is 13.6. The lowest BCUT2D eigenvalue weighted by Gasteiger charge is -2.33. The highest BCUT2D eigenvalue weighted by Gasteiger charge is 2.51. The van der Waals surface area contributed by atoms with Crippen LogP contribution in [0.5, 0.6) is 5.75 Å². The molecule has 1 fully saturated rings. The molecule has 1 saturated heterocycles. The molecular formula is C24H27F4N5O6S. The van der Waals surface area contributed by atoms with Gasteiger partial charge in [0.1, 0.15) is 16.8 Å². The molecule has 4 rings (SSSR count). The Morgan fingerprint density at radius 2 is 1.93 bits per heavy atom. The minimum atomic E-state index is -4.76. The van der Waals surface area contributed by atoms with Gasteiger partial charge in [0.25, 0.3) is 5.91 Å². The van der Waals surface area contributed by atoms with Gasteiger partial charge in [0.15, 0.2) is 11.4 Å². The summed E-state index contributed by atoms with van der Waals surface area (Å²) < 4.78 is 88.5. The lowest BCUT2D eigenvalue weighted by Crippen LogP contribution is -2.55. The van der Waals surface area contributed by atoms with Gasteiger partial charge < -0.3 is 24.8 Å². The quantitative estimate of drug-likeness (QED) is 0.368. The largest absolute Gasteiger partial charge is 0.489 e. The summed E-state index contributed by atoms with van der Waals surface area (Å²) in [6.45, 7) is 2.97. The Hall–Kier alpha value is -3.66. The van der Waals surface area contributed by atoms with E-state index in [1.165, 1.54) is 49.9 Å². The van der Waals surface area contributed by atoms with Crippen LogP contribution in [-0.2, 0) is 26.7 Å². The number of halogens is 4. The fraction of sp³-hybridized carbons (Fsp3) is 0.458. The average molecular weight is 590 g/mol. The number of aromatic nitrogens is 1. The third kappa shape index (κ3) is 5.50. The van der Waals surface area contributed by atoms with Gasteiger partial charge in [0.05, 0.1) is 12.1 Å². The van der Waals surface area contributed by atoms with Crippen molar-refractivity contribution in [3.8, 4) is 5.75 Å². The Bertz CT molecular complexity index is 1490. The van der Waals surface area contributed by atoms with Crippen LogP contribution >= 0.6 is 0 Å². The van der Waals surface area contributed by atoms with Gasteiger partial charge in [0, 0.05) is 37.9 Å². The van der Waals surface area contributed by atoms with Crippen LogP contribution in [-0.4, -0.2) is 73.1 Å². The highest BCUT2D eigenvalue weighted by Crippen LogP contribution is 2.38. The number of nitrogens with zero attached hydrogens (tertiary/aromatic N) is 2. The number of hydrogen-bond acceptors (Lipinski definition) is 6. The first kappa shape index (κ1) is 29.3. The van der Waals surface area contributed by atoms with E-state index >= 15 is 0 Å². The zero-order chi connectivity index (χ0) is 29.8. The van der Waals surface area contributed by atoms with Crippen molar-refractivity contribution in [2.75, 3.05) is 25.0 Å². The summed E-state index contributed by atoms with van der Waals surface area (Å²) in [6.07, 6.45) is -3.58. The van der Waals surface area contributed by atoms with E-state index in [9.17, 15) is 40.4 Å². The molecule has 0 spiro atoms. The Morgan fingerprint density at radius 1 is 1.25 bits per heavy atom. The number of alkyl halides is 3. The SMILES string of the molecule is Cc1cc(NC(=O)c2c3c(cn2C)S(=O)(=O)N[C@]2(C)CN(C(=O)C(=O)N[C@H](C)C(F)(F)F)C[C@@H]2CO3)ccc1F. The van der Waals surface area contributed by atoms with E-state index in [0.717, 1.165) is 4.90 Å². The maximum absolute atomic E-state index is 13.6. The summed E-state index contributed by atoms with van der Waals surface area (Å²) in [5, 5.41) is 4.18. The third-order valence-corrected chi connectivity index (χ3v) is 8.61. The van der Waals surface area contributed by atoms with Gasteiger partial charge in [-0.1, -0.05) is 0 Å². The van der Waals surface area contributed by atoms with E-state index in [1.807, 2.05) is 0 Å². The summed E-state index contributed by atoms with van der Waals surface area (Å²) >= 11 is 0. The molecule has 2 aliphatic heterocycles. The molecule has 2 aromatic rings. The number of carbonyl (C=O) groups excluding carboxylic acids is 3. The Morgan fingerprint density at radius 3 is 2.55 bits per heavy atom. The number of aryl methyl sites for hydroxylation is 2. The average Bonchev–Trinajstić information content (AvgIpc) is 3.34. The minimum absolute atomic E-state index is 0.141. The van der Waals surface area contributed by atoms with Crippen molar-refractivity contribution < 1.29 is 45.1 Å². The van der Waals surface area contributed by atoms with Gasteiger partial charge in [-0.25, -0.2) is 17.5 Å². The number of fused-ring (bicyclic) bond motifs is 2. The number of anilines is 1. The summed E-state index contributed by atoms with van der Waals surface area (Å²) in [6, 6.07) is 1.65. The summed E-state index contributed by atoms with van der Waals surface area (Å²) in [5.74, 6) is -4.92. The predicted octanol–water partition coefficient (Wildman–Crippen LogP) is 1.68. The first-order valence-electron chi connectivity index (χ1n) is 12.0. The molecule has 0 aliphatic carbocycles. The van der Waals surface area contributed by atoms with Crippen LogP contribution < -0.4 is 20.1 Å². The van der Waals surface area contributed by atoms with Crippen LogP contribution in [0.1, 0.15) is 29.9 Å². The molecule has 218 valence electrons. The molecule has 11 nitrogen and oxygen atoms in total. The highest BCUT2D eigenvalue weighted by molar-refractivity contribution is 7.89. The number of nitrogens with one attached hydrogen (secondary N) is 3. The van der Waals surface area contributed by atoms with Crippen molar-refractivity contribution in [3.05, 3.63) is 41.5 Å². The monoisotopic (exact) mass is 589 g/mol. The van der Waals surface area contributed by atoms with Crippen molar-refractivity contribution in [3.63, 3.8) is 0 Å². The van der Waals surface area contributed by atoms with Crippen molar-refractivity contribution in [1.29, 1.82) is 0 Å². The van der Waals surface area contributed by atoms with Crippen LogP contribution in [0.15, 0.2) is 29.3 Å². The maximum Gasteiger partial charge on any atom is 0.408 e. The fourth-order valence-corrected chi connectivity index (χ4v) is 6.33. The topological polar surface area (TPSA) is 139 Å². The molecule has 3 amide bonds. The lowest BCUT2D eigenvalue weighted by molar-refractivity contribution is -0.162. The Balaban J connectivity index is 1.58. The molecule has 3 atom stereocenters. The molecule has 3 heterocycles. The third-order valence-electron chi connectivity index (χ3n) is 7.00. The molecule has 3 N–H and O–H groups in total. The number of sulfonamides is 1. The zero-order valence-corrected chi connectivity index (χ0v) is 22.7. The van der Waals surface area contributed by atoms with Crippen molar-refractivity contribution in [1.82, 2.24) is 19.5 Å². The molecule has 0 unspecified atom stereocenters. The number of likely N-dealkylation sites (tertiary alicyclic amines) is 1. The summed E-state index contributed by atoms with van der Waals surface area (Å²) in [4.78, 5) is 38.6. The fourth-order valence-electron chi connectivity index (χ4n) is 4.68. The first-order chi connectivity index (χ1) is 18.4. The van der Waals surface area contributed by atoms with E-state index in [2.05, 4.69) is 10.0 Å². The molecular weight excluding hydrogens is 562 g/mol. The minimum Gasteiger partial charge on any atom is -0.489 e. The predicted molar refractivity (Wildman–Crippen MR) is 132 cm³/mol. The molecule has 1 aromatic carbocycles. The van der Waals surface area contributed by atoms with E-state index in [-0.39, 0.29) is 47.3 Å². The van der Waals surface area contributed by atoms with Gasteiger partial charge >= 0.3 is 18.0 Å². The van der Waals surface area contributed by atoms with Crippen molar-refractivity contribution >= 4 is 33.4 Å². The first-order valence-corrected chi connectivity index (χ1v) is 13.5. The second-order valence-corrected chi connectivity index (χ2v) is 11.8. The molecule has 0 radical (unpaired) electrons. The Labute approximate surface area is 226 Å². The second-order valence-electron chi connectivity index (χ2n) is 10.2. The molecule has 0 bridgehead atoms. The Kier molecular flexibility index (Phi) is 7.38. The summed E-state index contributed by atoms with van der Waals surface area (Å²) in [7, 11) is -2.91. The summed E-state index contributed by atoms with van der Waals surface area (Å²) in [5.41, 5.74) is -0.936. The molecule has 40 heavy (non-hydrogen) atoms. The van der Waals surface area contributed by atoms with Gasteiger partial charge in [-0.15, -0.1) is 0 Å². The number of amides is 3. The molecule has 16 heteroatoms. The highest BCUT2D eigenvalue weighted by atomic mass is 32.2. The van der Waals surface area contributed by atoms with Gasteiger partial charge in [-0.3, -0.25) is 14.4 Å². The molecule has 2 aliphatic rings. The number of benzene rings is 1. The van der Waals surface area contributed by atoms with E-state index in [0.29, 0.717) is 6.92 Å². The number of carbonyl (C=O) groups is 3. The van der Waals surface area contributed by atoms with Crippen LogP contribution in [0.25, 0.3) is 0 Å². The van der Waals surface area contributed by atoms with Gasteiger partial charge in [-0.2, -0.15) is 13.2 Å². The lowest BCUT2D eigenvalue weighted by atomic mass is 9.91. The van der Waals surface area contributed by atoms with E-state index < -0.39 is 57.2 Å². The van der Waals surface area contributed by atoms with Gasteiger partial charge in [-0.05, 0) is 44.5 Å². The zero-order valence-electron chi connectivity index (χ0n) is 21.8. The van der Waals surface area contributed by atoms with E-state index in [1.54, 1.807) is 5.32 Å². The normalized spacial score (nSPS) is 22.7. The van der Waals surface area contributed by atoms with Crippen LogP contribution in [0.4, 0.5) is 23.2 Å². The van der Waals surface area contributed by atoms with Crippen LogP contribution in [0, 0.1) is 18.7 Å². The standard InChI is InChI=1S/C24H27F4N5O6S/c1-12-7-15(5-6-16(12)25)30-20(34)18-19-17(9-32(18)4)40(37,38)31-23(3)11-33(8-14(23)10-39-19)22(36)21(35)29-13(2)24(26,27)28/h5-7,9,13-14,31H,8,10-11H2,1-4H3,(H,29,35)(H,30,34)/t13-,14-,23-/m1/s1. The smallest absolute Gasteiger partial charge is 0.408 e. The molecule has 0 saturated carbocycles. The molecule has 1 aromatic heterocycles. The van der Waals surface area contributed by atoms with Crippen molar-refractivity contribution in [2.24, 2.45) is 13.0 Å². The number of ether oxygens (including phenoxy) is 1. The van der Waals surface area contributed by atoms with Crippen LogP contribution in [0.3, 0.4) is 0 Å². The van der Waals surface area contributed by atoms with Crippen LogP contribution in [0.2, 0.25) is 0 Å². The number of hydrogen-bond donors (Lipinski definition) is 3. The van der Waals surface area contributed by atoms with Crippen molar-refractivity contribution in [2.45, 2.75) is 43.4 Å². The van der Waals surface area contributed by atoms with E-state index in [4.69, 9.17) is 4.74 Å². The second kappa shape index (κ2) is 10.1.